The fraction of sp³-hybridized carbons (Fsp3) is 0.192. The Balaban J connectivity index is 2.13. The number of halogens is 2. The van der Waals surface area contributed by atoms with Gasteiger partial charge in [-0.2, -0.15) is 0 Å². The molecule has 0 aliphatic carbocycles. The van der Waals surface area contributed by atoms with Gasteiger partial charge >= 0.3 is 5.97 Å². The molecule has 1 unspecified atom stereocenters. The number of aromatic nitrogens is 2. The summed E-state index contributed by atoms with van der Waals surface area (Å²) < 4.78 is 1.63. The van der Waals surface area contributed by atoms with E-state index in [1.54, 1.807) is 59.4 Å². The van der Waals surface area contributed by atoms with Gasteiger partial charge in [0, 0.05) is 39.0 Å². The third-order valence-corrected chi connectivity index (χ3v) is 6.20. The van der Waals surface area contributed by atoms with Crippen LogP contribution in [0, 0.1) is 0 Å². The molecule has 0 amide bonds. The van der Waals surface area contributed by atoms with E-state index in [9.17, 15) is 14.7 Å². The third kappa shape index (κ3) is 4.65. The van der Waals surface area contributed by atoms with Crippen molar-refractivity contribution in [3.63, 3.8) is 0 Å². The number of fused-ring (bicyclic) bond motifs is 1. The predicted octanol–water partition coefficient (Wildman–Crippen LogP) is 6.39. The van der Waals surface area contributed by atoms with E-state index in [1.165, 1.54) is 0 Å². The van der Waals surface area contributed by atoms with Crippen molar-refractivity contribution in [1.82, 2.24) is 9.55 Å². The molecule has 4 aromatic rings. The lowest BCUT2D eigenvalue weighted by atomic mass is 9.86. The molecule has 0 radical (unpaired) electrons. The van der Waals surface area contributed by atoms with E-state index in [2.05, 4.69) is 4.98 Å². The minimum atomic E-state index is -1.03. The standard InChI is InChI=1S/C26H22Cl2N2O3/c1-2-3-20(26(32)33)24-23(17-4-6-18(27)7-5-17)21-14-19(28)8-9-22(21)30(25(24)31)15-16-10-12-29-13-11-16/h4-14,20H,2-3,15H2,1H3,(H,32,33). The summed E-state index contributed by atoms with van der Waals surface area (Å²) in [6, 6.07) is 16.1. The van der Waals surface area contributed by atoms with Gasteiger partial charge in [0.1, 0.15) is 0 Å². The molecule has 2 aromatic carbocycles. The Kier molecular flexibility index (Phi) is 6.82. The second-order valence-corrected chi connectivity index (χ2v) is 8.76. The van der Waals surface area contributed by atoms with Crippen LogP contribution in [0.15, 0.2) is 71.8 Å². The number of carboxylic acids is 1. The van der Waals surface area contributed by atoms with Crippen molar-refractivity contribution in [2.45, 2.75) is 32.2 Å². The first kappa shape index (κ1) is 23.0. The highest BCUT2D eigenvalue weighted by Crippen LogP contribution is 2.37. The van der Waals surface area contributed by atoms with Crippen LogP contribution in [0.5, 0.6) is 0 Å². The molecule has 1 N–H and O–H groups in total. The lowest BCUT2D eigenvalue weighted by Crippen LogP contribution is -2.30. The van der Waals surface area contributed by atoms with Crippen molar-refractivity contribution in [1.29, 1.82) is 0 Å². The van der Waals surface area contributed by atoms with Gasteiger partial charge < -0.3 is 9.67 Å². The molecule has 0 bridgehead atoms. The molecule has 0 spiro atoms. The van der Waals surface area contributed by atoms with Gasteiger partial charge in [0.05, 0.1) is 18.0 Å². The number of carbonyl (C=O) groups is 1. The Morgan fingerprint density at radius 2 is 1.70 bits per heavy atom. The average Bonchev–Trinajstić information content (AvgIpc) is 2.80. The molecule has 2 heterocycles. The Bertz CT molecular complexity index is 1370. The number of pyridine rings is 2. The lowest BCUT2D eigenvalue weighted by molar-refractivity contribution is -0.139. The average molecular weight is 481 g/mol. The summed E-state index contributed by atoms with van der Waals surface area (Å²) >= 11 is 12.5. The van der Waals surface area contributed by atoms with Gasteiger partial charge in [0.25, 0.3) is 5.56 Å². The number of benzene rings is 2. The molecule has 33 heavy (non-hydrogen) atoms. The van der Waals surface area contributed by atoms with E-state index in [-0.39, 0.29) is 17.7 Å². The largest absolute Gasteiger partial charge is 0.481 e. The van der Waals surface area contributed by atoms with Gasteiger partial charge in [0.15, 0.2) is 0 Å². The van der Waals surface area contributed by atoms with Gasteiger partial charge in [-0.25, -0.2) is 0 Å². The first-order valence-corrected chi connectivity index (χ1v) is 11.4. The summed E-state index contributed by atoms with van der Waals surface area (Å²) in [6.45, 7) is 2.19. The highest BCUT2D eigenvalue weighted by atomic mass is 35.5. The van der Waals surface area contributed by atoms with Crippen LogP contribution in [-0.4, -0.2) is 20.6 Å². The monoisotopic (exact) mass is 480 g/mol. The van der Waals surface area contributed by atoms with E-state index in [4.69, 9.17) is 23.2 Å². The maximum atomic E-state index is 14.0. The summed E-state index contributed by atoms with van der Waals surface area (Å²) in [5.41, 5.74) is 2.80. The summed E-state index contributed by atoms with van der Waals surface area (Å²) in [5.74, 6) is -1.98. The predicted molar refractivity (Wildman–Crippen MR) is 132 cm³/mol. The molecule has 0 saturated heterocycles. The molecule has 7 heteroatoms. The number of rotatable bonds is 7. The van der Waals surface area contributed by atoms with Crippen molar-refractivity contribution in [2.24, 2.45) is 0 Å². The molecule has 0 aliphatic rings. The molecule has 4 rings (SSSR count). The summed E-state index contributed by atoms with van der Waals surface area (Å²) in [4.78, 5) is 30.4. The summed E-state index contributed by atoms with van der Waals surface area (Å²) in [6.07, 6.45) is 4.29. The lowest BCUT2D eigenvalue weighted by Gasteiger charge is -2.22. The number of nitrogens with zero attached hydrogens (tertiary/aromatic N) is 2. The second kappa shape index (κ2) is 9.77. The highest BCUT2D eigenvalue weighted by molar-refractivity contribution is 6.31. The van der Waals surface area contributed by atoms with Crippen LogP contribution in [0.4, 0.5) is 0 Å². The normalized spacial score (nSPS) is 12.1. The topological polar surface area (TPSA) is 72.2 Å². The molecule has 168 valence electrons. The van der Waals surface area contributed by atoms with Crippen LogP contribution in [0.25, 0.3) is 22.0 Å². The summed E-state index contributed by atoms with van der Waals surface area (Å²) in [5, 5.41) is 11.9. The maximum Gasteiger partial charge on any atom is 0.311 e. The maximum absolute atomic E-state index is 14.0. The van der Waals surface area contributed by atoms with Crippen molar-refractivity contribution < 1.29 is 9.90 Å². The Morgan fingerprint density at radius 1 is 1.03 bits per heavy atom. The van der Waals surface area contributed by atoms with Crippen molar-refractivity contribution >= 4 is 40.1 Å². The Hall–Kier alpha value is -3.15. The van der Waals surface area contributed by atoms with Crippen molar-refractivity contribution in [2.75, 3.05) is 0 Å². The molecule has 0 fully saturated rings. The first-order valence-electron chi connectivity index (χ1n) is 10.6. The van der Waals surface area contributed by atoms with Crippen LogP contribution in [0.1, 0.15) is 36.8 Å². The fourth-order valence-corrected chi connectivity index (χ4v) is 4.51. The number of aliphatic carboxylic acids is 1. The van der Waals surface area contributed by atoms with E-state index in [0.717, 1.165) is 16.5 Å². The van der Waals surface area contributed by atoms with E-state index >= 15 is 0 Å². The van der Waals surface area contributed by atoms with Gasteiger partial charge in [0.2, 0.25) is 0 Å². The van der Waals surface area contributed by atoms with E-state index in [1.807, 2.05) is 19.1 Å². The van der Waals surface area contributed by atoms with Crippen LogP contribution in [-0.2, 0) is 11.3 Å². The minimum absolute atomic E-state index is 0.260. The zero-order chi connectivity index (χ0) is 23.5. The molecule has 5 nitrogen and oxygen atoms in total. The number of hydrogen-bond acceptors (Lipinski definition) is 3. The number of carboxylic acid groups (broad SMARTS) is 1. The second-order valence-electron chi connectivity index (χ2n) is 7.88. The van der Waals surface area contributed by atoms with Crippen LogP contribution >= 0.6 is 23.2 Å². The van der Waals surface area contributed by atoms with Gasteiger partial charge in [-0.05, 0) is 60.0 Å². The molecule has 0 saturated carbocycles. The van der Waals surface area contributed by atoms with Gasteiger partial charge in [-0.15, -0.1) is 0 Å². The first-order chi connectivity index (χ1) is 15.9. The third-order valence-electron chi connectivity index (χ3n) is 5.71. The molecular weight excluding hydrogens is 459 g/mol. The molecule has 2 aromatic heterocycles. The fourth-order valence-electron chi connectivity index (χ4n) is 4.21. The minimum Gasteiger partial charge on any atom is -0.481 e. The summed E-state index contributed by atoms with van der Waals surface area (Å²) in [7, 11) is 0. The van der Waals surface area contributed by atoms with E-state index in [0.29, 0.717) is 34.0 Å². The van der Waals surface area contributed by atoms with E-state index < -0.39 is 11.9 Å². The van der Waals surface area contributed by atoms with Crippen LogP contribution in [0.3, 0.4) is 0 Å². The zero-order valence-corrected chi connectivity index (χ0v) is 19.5. The van der Waals surface area contributed by atoms with Crippen LogP contribution in [0.2, 0.25) is 10.0 Å². The Morgan fingerprint density at radius 3 is 2.33 bits per heavy atom. The molecule has 0 aliphatic heterocycles. The zero-order valence-electron chi connectivity index (χ0n) is 18.0. The van der Waals surface area contributed by atoms with Gasteiger partial charge in [-0.3, -0.25) is 14.6 Å². The van der Waals surface area contributed by atoms with Gasteiger partial charge in [-0.1, -0.05) is 48.7 Å². The SMILES string of the molecule is CCCC(C(=O)O)c1c(-c2ccc(Cl)cc2)c2cc(Cl)ccc2n(Cc2ccncc2)c1=O. The highest BCUT2D eigenvalue weighted by Gasteiger charge is 2.29. The molecule has 1 atom stereocenters. The van der Waals surface area contributed by atoms with Crippen molar-refractivity contribution in [3.05, 3.63) is 98.5 Å². The van der Waals surface area contributed by atoms with Crippen LogP contribution < -0.4 is 5.56 Å². The molecular formula is C26H22Cl2N2O3. The van der Waals surface area contributed by atoms with Crippen molar-refractivity contribution in [3.8, 4) is 11.1 Å². The number of hydrogen-bond donors (Lipinski definition) is 1. The Labute approximate surface area is 201 Å². The smallest absolute Gasteiger partial charge is 0.311 e. The quantitative estimate of drug-likeness (QED) is 0.332.